The van der Waals surface area contributed by atoms with Crippen LogP contribution in [0.3, 0.4) is 0 Å². The quantitative estimate of drug-likeness (QED) is 0.274. The maximum Gasteiger partial charge on any atom is 0.313 e. The molecule has 1 unspecified atom stereocenters. The number of benzene rings is 2. The second-order valence-corrected chi connectivity index (χ2v) is 10.00. The first-order chi connectivity index (χ1) is 16.7. The molecule has 0 radical (unpaired) electrons. The minimum Gasteiger partial charge on any atom is -0.488 e. The average molecular weight is 520 g/mol. The summed E-state index contributed by atoms with van der Waals surface area (Å²) in [5.74, 6) is -0.937. The Morgan fingerprint density at radius 2 is 1.92 bits per heavy atom. The van der Waals surface area contributed by atoms with Crippen molar-refractivity contribution < 1.29 is 23.8 Å². The van der Waals surface area contributed by atoms with E-state index >= 15 is 0 Å². The molecule has 2 aromatic carbocycles. The maximum absolute atomic E-state index is 14.4. The number of ether oxygens (including phenoxy) is 2. The van der Waals surface area contributed by atoms with Crippen LogP contribution in [0, 0.1) is 11.7 Å². The van der Waals surface area contributed by atoms with Crippen molar-refractivity contribution in [2.24, 2.45) is 5.92 Å². The van der Waals surface area contributed by atoms with E-state index in [1.54, 1.807) is 19.1 Å². The van der Waals surface area contributed by atoms with Gasteiger partial charge in [0, 0.05) is 12.1 Å². The largest absolute Gasteiger partial charge is 0.488 e. The van der Waals surface area contributed by atoms with Crippen LogP contribution in [0.4, 0.5) is 4.39 Å². The molecule has 0 saturated heterocycles. The third kappa shape index (κ3) is 8.32. The fourth-order valence-corrected chi connectivity index (χ4v) is 4.85. The SMILES string of the molecule is C=CCC(C(=O)OCC)c1ccc(F)c(OC[C@H](O)CNC(C)(C)CC2Cc3ccccc3C2)c1.Cl. The van der Waals surface area contributed by atoms with Gasteiger partial charge in [-0.25, -0.2) is 4.39 Å². The van der Waals surface area contributed by atoms with E-state index in [4.69, 9.17) is 9.47 Å². The number of rotatable bonds is 13. The molecule has 2 N–H and O–H groups in total. The number of carbonyl (C=O) groups is 1. The Labute approximate surface area is 220 Å². The Morgan fingerprint density at radius 1 is 1.25 bits per heavy atom. The van der Waals surface area contributed by atoms with Crippen molar-refractivity contribution >= 4 is 18.4 Å². The molecule has 198 valence electrons. The zero-order valence-corrected chi connectivity index (χ0v) is 22.3. The number of aliphatic hydroxyl groups is 1. The summed E-state index contributed by atoms with van der Waals surface area (Å²) in [5.41, 5.74) is 3.30. The van der Waals surface area contributed by atoms with Crippen LogP contribution in [-0.2, 0) is 22.4 Å². The normalized spacial score (nSPS) is 14.9. The fourth-order valence-electron chi connectivity index (χ4n) is 4.85. The molecule has 5 nitrogen and oxygen atoms in total. The van der Waals surface area contributed by atoms with Gasteiger partial charge in [0.1, 0.15) is 12.7 Å². The molecular weight excluding hydrogens is 481 g/mol. The summed E-state index contributed by atoms with van der Waals surface area (Å²) < 4.78 is 25.1. The zero-order valence-electron chi connectivity index (χ0n) is 21.5. The van der Waals surface area contributed by atoms with Crippen LogP contribution < -0.4 is 10.1 Å². The summed E-state index contributed by atoms with van der Waals surface area (Å²) >= 11 is 0. The smallest absolute Gasteiger partial charge is 0.313 e. The Morgan fingerprint density at radius 3 is 2.53 bits per heavy atom. The average Bonchev–Trinajstić information content (AvgIpc) is 3.22. The molecule has 1 aliphatic carbocycles. The summed E-state index contributed by atoms with van der Waals surface area (Å²) in [4.78, 5) is 12.3. The molecule has 0 aliphatic heterocycles. The first-order valence-corrected chi connectivity index (χ1v) is 12.4. The van der Waals surface area contributed by atoms with Gasteiger partial charge in [0.05, 0.1) is 12.5 Å². The van der Waals surface area contributed by atoms with Crippen molar-refractivity contribution in [2.45, 2.75) is 64.0 Å². The topological polar surface area (TPSA) is 67.8 Å². The van der Waals surface area contributed by atoms with E-state index in [1.165, 1.54) is 23.3 Å². The van der Waals surface area contributed by atoms with Crippen LogP contribution >= 0.6 is 12.4 Å². The number of fused-ring (bicyclic) bond motifs is 1. The van der Waals surface area contributed by atoms with Crippen molar-refractivity contribution in [1.82, 2.24) is 5.32 Å². The first kappa shape index (κ1) is 29.8. The molecule has 0 spiro atoms. The summed E-state index contributed by atoms with van der Waals surface area (Å²) in [5, 5.41) is 13.9. The highest BCUT2D eigenvalue weighted by atomic mass is 35.5. The number of esters is 1. The van der Waals surface area contributed by atoms with Crippen LogP contribution in [0.5, 0.6) is 5.75 Å². The summed E-state index contributed by atoms with van der Waals surface area (Å²) in [6.45, 7) is 10.2. The number of aliphatic hydroxyl groups excluding tert-OH is 1. The number of hydrogen-bond acceptors (Lipinski definition) is 5. The number of nitrogens with one attached hydrogen (secondary N) is 1. The highest BCUT2D eigenvalue weighted by Crippen LogP contribution is 2.32. The van der Waals surface area contributed by atoms with Gasteiger partial charge < -0.3 is 19.9 Å². The van der Waals surface area contributed by atoms with Gasteiger partial charge in [0.2, 0.25) is 0 Å². The van der Waals surface area contributed by atoms with Gasteiger partial charge in [-0.3, -0.25) is 4.79 Å². The Kier molecular flexibility index (Phi) is 11.4. The van der Waals surface area contributed by atoms with Crippen LogP contribution in [0.25, 0.3) is 0 Å². The molecule has 2 atom stereocenters. The van der Waals surface area contributed by atoms with E-state index in [9.17, 15) is 14.3 Å². The lowest BCUT2D eigenvalue weighted by Crippen LogP contribution is -2.46. The molecule has 0 aromatic heterocycles. The van der Waals surface area contributed by atoms with E-state index in [1.807, 2.05) is 0 Å². The standard InChI is InChI=1S/C29H38FNO4.ClH/c1-5-9-25(28(33)34-6-2)23-12-13-26(30)27(16-23)35-19-24(32)18-31-29(3,4)17-20-14-21-10-7-8-11-22(21)15-20;/h5,7-8,10-13,16,20,24-25,31-32H,1,6,9,14-15,17-19H2,2-4H3;1H/t24-,25?;/m1./s1. The van der Waals surface area contributed by atoms with Crippen LogP contribution in [0.15, 0.2) is 55.1 Å². The van der Waals surface area contributed by atoms with Crippen molar-refractivity contribution in [3.63, 3.8) is 0 Å². The highest BCUT2D eigenvalue weighted by Gasteiger charge is 2.28. The monoisotopic (exact) mass is 519 g/mol. The van der Waals surface area contributed by atoms with Crippen molar-refractivity contribution in [3.05, 3.63) is 77.6 Å². The predicted octanol–water partition coefficient (Wildman–Crippen LogP) is 5.38. The third-order valence-electron chi connectivity index (χ3n) is 6.51. The highest BCUT2D eigenvalue weighted by molar-refractivity contribution is 5.85. The molecule has 0 saturated carbocycles. The molecule has 0 bridgehead atoms. The van der Waals surface area contributed by atoms with E-state index < -0.39 is 17.8 Å². The fraction of sp³-hybridized carbons (Fsp3) is 0.483. The van der Waals surface area contributed by atoms with Gasteiger partial charge in [0.25, 0.3) is 0 Å². The van der Waals surface area contributed by atoms with E-state index in [0.29, 0.717) is 24.4 Å². The van der Waals surface area contributed by atoms with Gasteiger partial charge >= 0.3 is 5.97 Å². The maximum atomic E-state index is 14.4. The van der Waals surface area contributed by atoms with E-state index in [0.717, 1.165) is 19.3 Å². The summed E-state index contributed by atoms with van der Waals surface area (Å²) in [6, 6.07) is 12.9. The molecular formula is C29H39ClFNO4. The number of hydrogen-bond donors (Lipinski definition) is 2. The lowest BCUT2D eigenvalue weighted by atomic mass is 9.88. The number of halogens is 2. The molecule has 1 aliphatic rings. The molecule has 0 heterocycles. The number of allylic oxidation sites excluding steroid dienone is 1. The summed E-state index contributed by atoms with van der Waals surface area (Å²) in [6.07, 6.45) is 4.35. The van der Waals surface area contributed by atoms with Gasteiger partial charge in [-0.15, -0.1) is 19.0 Å². The third-order valence-corrected chi connectivity index (χ3v) is 6.51. The van der Waals surface area contributed by atoms with E-state index in [2.05, 4.69) is 50.0 Å². The Bertz CT molecular complexity index is 988. The summed E-state index contributed by atoms with van der Waals surface area (Å²) in [7, 11) is 0. The first-order valence-electron chi connectivity index (χ1n) is 12.4. The van der Waals surface area contributed by atoms with Crippen molar-refractivity contribution in [2.75, 3.05) is 19.8 Å². The van der Waals surface area contributed by atoms with Crippen LogP contribution in [0.1, 0.15) is 56.2 Å². The number of β-amino-alcohol motifs (C(OH)–C–C–N with tert-alkyl or cyclic N) is 1. The van der Waals surface area contributed by atoms with Crippen LogP contribution in [-0.4, -0.2) is 42.5 Å². The van der Waals surface area contributed by atoms with Gasteiger partial charge in [-0.2, -0.15) is 0 Å². The minimum atomic E-state index is -0.813. The molecule has 36 heavy (non-hydrogen) atoms. The van der Waals surface area contributed by atoms with Gasteiger partial charge in [-0.05, 0) is 81.2 Å². The molecule has 0 amide bonds. The molecule has 2 aromatic rings. The Balaban J connectivity index is 0.00000456. The molecule has 0 fully saturated rings. The van der Waals surface area contributed by atoms with Gasteiger partial charge in [0.15, 0.2) is 11.6 Å². The lowest BCUT2D eigenvalue weighted by molar-refractivity contribution is -0.144. The molecule has 7 heteroatoms. The molecule has 3 rings (SSSR count). The second kappa shape index (κ2) is 13.8. The predicted molar refractivity (Wildman–Crippen MR) is 143 cm³/mol. The second-order valence-electron chi connectivity index (χ2n) is 10.00. The van der Waals surface area contributed by atoms with Crippen LogP contribution in [0.2, 0.25) is 0 Å². The number of carbonyl (C=O) groups excluding carboxylic acids is 1. The zero-order chi connectivity index (χ0) is 25.4. The minimum absolute atomic E-state index is 0. The van der Waals surface area contributed by atoms with Crippen molar-refractivity contribution in [3.8, 4) is 5.75 Å². The lowest BCUT2D eigenvalue weighted by Gasteiger charge is -2.30. The van der Waals surface area contributed by atoms with Crippen molar-refractivity contribution in [1.29, 1.82) is 0 Å². The van der Waals surface area contributed by atoms with Gasteiger partial charge in [-0.1, -0.05) is 36.4 Å². The Hall–Kier alpha value is -2.41. The van der Waals surface area contributed by atoms with E-state index in [-0.39, 0.29) is 42.9 Å².